The zero-order valence-corrected chi connectivity index (χ0v) is 11.5. The highest BCUT2D eigenvalue weighted by Crippen LogP contribution is 2.17. The second kappa shape index (κ2) is 6.70. The lowest BCUT2D eigenvalue weighted by Gasteiger charge is -2.07. The van der Waals surface area contributed by atoms with Gasteiger partial charge in [-0.15, -0.1) is 0 Å². The van der Waals surface area contributed by atoms with E-state index in [1.165, 1.54) is 36.7 Å². The van der Waals surface area contributed by atoms with E-state index in [1.54, 1.807) is 0 Å². The van der Waals surface area contributed by atoms with Crippen LogP contribution in [-0.4, -0.2) is 16.1 Å². The number of pyridine rings is 1. The number of carboxylic acid groups (broad SMARTS) is 1. The Labute approximate surface area is 118 Å². The van der Waals surface area contributed by atoms with Gasteiger partial charge in [-0.1, -0.05) is 25.5 Å². The van der Waals surface area contributed by atoms with E-state index in [0.717, 1.165) is 12.1 Å². The molecule has 0 aliphatic rings. The molecule has 0 fully saturated rings. The van der Waals surface area contributed by atoms with Gasteiger partial charge in [0.2, 0.25) is 0 Å². The minimum Gasteiger partial charge on any atom is -0.478 e. The Balaban J connectivity index is 2.06. The van der Waals surface area contributed by atoms with Crippen LogP contribution in [0.5, 0.6) is 0 Å². The summed E-state index contributed by atoms with van der Waals surface area (Å²) >= 11 is 0. The van der Waals surface area contributed by atoms with Crippen molar-refractivity contribution in [3.8, 4) is 0 Å². The highest BCUT2D eigenvalue weighted by molar-refractivity contribution is 5.88. The molecule has 0 radical (unpaired) electrons. The first-order valence-electron chi connectivity index (χ1n) is 6.74. The lowest BCUT2D eigenvalue weighted by Crippen LogP contribution is -1.99. The number of benzene rings is 1. The quantitative estimate of drug-likeness (QED) is 0.836. The smallest absolute Gasteiger partial charge is 0.335 e. The van der Waals surface area contributed by atoms with Crippen molar-refractivity contribution >= 4 is 17.5 Å². The van der Waals surface area contributed by atoms with Crippen LogP contribution >= 0.6 is 0 Å². The first-order chi connectivity index (χ1) is 9.69. The van der Waals surface area contributed by atoms with E-state index in [-0.39, 0.29) is 5.56 Å². The van der Waals surface area contributed by atoms with E-state index in [0.29, 0.717) is 5.82 Å². The topological polar surface area (TPSA) is 62.2 Å². The van der Waals surface area contributed by atoms with Crippen molar-refractivity contribution in [2.75, 3.05) is 5.32 Å². The molecule has 0 aliphatic carbocycles. The minimum atomic E-state index is -0.953. The molecule has 0 amide bonds. The second-order valence-electron chi connectivity index (χ2n) is 4.66. The molecule has 2 aromatic rings. The fourth-order valence-corrected chi connectivity index (χ4v) is 1.92. The molecule has 0 atom stereocenters. The number of nitrogens with one attached hydrogen (secondary N) is 1. The molecule has 0 unspecified atom stereocenters. The molecule has 1 aromatic carbocycles. The van der Waals surface area contributed by atoms with Gasteiger partial charge in [0.15, 0.2) is 0 Å². The summed E-state index contributed by atoms with van der Waals surface area (Å²) in [6.07, 6.45) is 4.95. The van der Waals surface area contributed by atoms with E-state index >= 15 is 0 Å². The Kier molecular flexibility index (Phi) is 4.71. The molecule has 0 aliphatic heterocycles. The van der Waals surface area contributed by atoms with E-state index in [1.807, 2.05) is 12.1 Å². The third kappa shape index (κ3) is 3.82. The number of carbonyl (C=O) groups is 1. The van der Waals surface area contributed by atoms with Crippen LogP contribution in [-0.2, 0) is 6.42 Å². The van der Waals surface area contributed by atoms with E-state index in [4.69, 9.17) is 5.11 Å². The van der Waals surface area contributed by atoms with Crippen LogP contribution in [0.1, 0.15) is 35.7 Å². The van der Waals surface area contributed by atoms with Crippen LogP contribution in [0, 0.1) is 0 Å². The van der Waals surface area contributed by atoms with Crippen molar-refractivity contribution in [1.29, 1.82) is 0 Å². The number of hydrogen-bond donors (Lipinski definition) is 2. The molecular weight excluding hydrogens is 252 g/mol. The Morgan fingerprint density at radius 1 is 1.25 bits per heavy atom. The van der Waals surface area contributed by atoms with Crippen LogP contribution in [0.25, 0.3) is 0 Å². The predicted molar refractivity (Wildman–Crippen MR) is 79.5 cm³/mol. The fourth-order valence-electron chi connectivity index (χ4n) is 1.92. The van der Waals surface area contributed by atoms with Crippen molar-refractivity contribution in [2.45, 2.75) is 26.2 Å². The third-order valence-electron chi connectivity index (χ3n) is 3.05. The Morgan fingerprint density at radius 3 is 2.65 bits per heavy atom. The molecule has 20 heavy (non-hydrogen) atoms. The van der Waals surface area contributed by atoms with Gasteiger partial charge in [-0.3, -0.25) is 0 Å². The molecule has 4 nitrogen and oxygen atoms in total. The van der Waals surface area contributed by atoms with Crippen molar-refractivity contribution in [2.24, 2.45) is 0 Å². The van der Waals surface area contributed by atoms with Crippen molar-refractivity contribution in [3.63, 3.8) is 0 Å². The number of unbranched alkanes of at least 4 members (excludes halogenated alkanes) is 1. The molecule has 2 N–H and O–H groups in total. The molecule has 1 aromatic heterocycles. The number of rotatable bonds is 6. The lowest BCUT2D eigenvalue weighted by molar-refractivity contribution is 0.0697. The molecule has 1 heterocycles. The van der Waals surface area contributed by atoms with Gasteiger partial charge in [0.05, 0.1) is 5.56 Å². The summed E-state index contributed by atoms with van der Waals surface area (Å²) in [6, 6.07) is 11.1. The van der Waals surface area contributed by atoms with E-state index in [9.17, 15) is 4.79 Å². The fraction of sp³-hybridized carbons (Fsp3) is 0.250. The van der Waals surface area contributed by atoms with Gasteiger partial charge in [-0.2, -0.15) is 0 Å². The summed E-state index contributed by atoms with van der Waals surface area (Å²) in [6.45, 7) is 2.18. The maximum absolute atomic E-state index is 10.9. The highest BCUT2D eigenvalue weighted by Gasteiger charge is 2.04. The van der Waals surface area contributed by atoms with Crippen LogP contribution in [0.2, 0.25) is 0 Å². The summed E-state index contributed by atoms with van der Waals surface area (Å²) < 4.78 is 0. The zero-order valence-electron chi connectivity index (χ0n) is 11.5. The van der Waals surface area contributed by atoms with Gasteiger partial charge in [0.1, 0.15) is 5.82 Å². The van der Waals surface area contributed by atoms with Crippen LogP contribution in [0.4, 0.5) is 11.5 Å². The largest absolute Gasteiger partial charge is 0.478 e. The molecule has 2 rings (SSSR count). The molecule has 104 valence electrons. The normalized spacial score (nSPS) is 10.2. The SMILES string of the molecule is CCCCc1ccc(Nc2cc(C(=O)O)ccn2)cc1. The first kappa shape index (κ1) is 14.1. The molecule has 0 saturated heterocycles. The summed E-state index contributed by atoms with van der Waals surface area (Å²) in [7, 11) is 0. The number of aryl methyl sites for hydroxylation is 1. The van der Waals surface area contributed by atoms with E-state index in [2.05, 4.69) is 29.4 Å². The average Bonchev–Trinajstić information content (AvgIpc) is 2.47. The van der Waals surface area contributed by atoms with E-state index < -0.39 is 5.97 Å². The van der Waals surface area contributed by atoms with Gasteiger partial charge < -0.3 is 10.4 Å². The summed E-state index contributed by atoms with van der Waals surface area (Å²) in [5.41, 5.74) is 2.44. The van der Waals surface area contributed by atoms with Gasteiger partial charge >= 0.3 is 5.97 Å². The highest BCUT2D eigenvalue weighted by atomic mass is 16.4. The Hall–Kier alpha value is -2.36. The summed E-state index contributed by atoms with van der Waals surface area (Å²) in [5.74, 6) is -0.420. The predicted octanol–water partition coefficient (Wildman–Crippen LogP) is 3.87. The minimum absolute atomic E-state index is 0.224. The number of aromatic carboxylic acids is 1. The first-order valence-corrected chi connectivity index (χ1v) is 6.74. The second-order valence-corrected chi connectivity index (χ2v) is 4.66. The monoisotopic (exact) mass is 270 g/mol. The lowest BCUT2D eigenvalue weighted by atomic mass is 10.1. The number of nitrogens with zero attached hydrogens (tertiary/aromatic N) is 1. The van der Waals surface area contributed by atoms with Crippen molar-refractivity contribution < 1.29 is 9.90 Å². The molecule has 0 bridgehead atoms. The molecular formula is C16H18N2O2. The third-order valence-corrected chi connectivity index (χ3v) is 3.05. The molecule has 0 saturated carbocycles. The van der Waals surface area contributed by atoms with Gasteiger partial charge in [0, 0.05) is 11.9 Å². The van der Waals surface area contributed by atoms with Gasteiger partial charge in [0.25, 0.3) is 0 Å². The van der Waals surface area contributed by atoms with Crippen LogP contribution in [0.15, 0.2) is 42.6 Å². The number of anilines is 2. The van der Waals surface area contributed by atoms with Crippen molar-refractivity contribution in [3.05, 3.63) is 53.7 Å². The van der Waals surface area contributed by atoms with Gasteiger partial charge in [-0.25, -0.2) is 9.78 Å². The number of carboxylic acids is 1. The summed E-state index contributed by atoms with van der Waals surface area (Å²) in [5, 5.41) is 12.0. The van der Waals surface area contributed by atoms with Crippen molar-refractivity contribution in [1.82, 2.24) is 4.98 Å². The Bertz CT molecular complexity index is 579. The van der Waals surface area contributed by atoms with Crippen LogP contribution in [0.3, 0.4) is 0 Å². The van der Waals surface area contributed by atoms with Crippen LogP contribution < -0.4 is 5.32 Å². The molecule has 4 heteroatoms. The standard InChI is InChI=1S/C16H18N2O2/c1-2-3-4-12-5-7-14(8-6-12)18-15-11-13(16(19)20)9-10-17-15/h5-11H,2-4H2,1H3,(H,17,18)(H,19,20). The maximum Gasteiger partial charge on any atom is 0.335 e. The Morgan fingerprint density at radius 2 is 2.00 bits per heavy atom. The van der Waals surface area contributed by atoms with Gasteiger partial charge in [-0.05, 0) is 42.7 Å². The number of hydrogen-bond acceptors (Lipinski definition) is 3. The maximum atomic E-state index is 10.9. The summed E-state index contributed by atoms with van der Waals surface area (Å²) in [4.78, 5) is 15.0. The number of aromatic nitrogens is 1. The zero-order chi connectivity index (χ0) is 14.4. The molecule has 0 spiro atoms. The average molecular weight is 270 g/mol.